The van der Waals surface area contributed by atoms with E-state index >= 15 is 0 Å². The third-order valence-electron chi connectivity index (χ3n) is 1.90. The molecule has 2 unspecified atom stereocenters. The Morgan fingerprint density at radius 1 is 1.38 bits per heavy atom. The Kier molecular flexibility index (Phi) is 3.26. The number of benzene rings is 1. The van der Waals surface area contributed by atoms with Crippen molar-refractivity contribution in [3.05, 3.63) is 30.3 Å². The molecule has 0 aliphatic heterocycles. The van der Waals surface area contributed by atoms with Crippen molar-refractivity contribution in [3.8, 4) is 0 Å². The van der Waals surface area contributed by atoms with Gasteiger partial charge in [-0.05, 0) is 18.6 Å². The first-order chi connectivity index (χ1) is 6.09. The van der Waals surface area contributed by atoms with E-state index in [9.17, 15) is 14.6 Å². The van der Waals surface area contributed by atoms with Gasteiger partial charge in [0.05, 0.1) is 0 Å². The van der Waals surface area contributed by atoms with Gasteiger partial charge in [0.15, 0.2) is 0 Å². The molecule has 13 heavy (non-hydrogen) atoms. The smallest absolute Gasteiger partial charge is 0.257 e. The average Bonchev–Trinajstić information content (AvgIpc) is 2.18. The SMILES string of the molecule is CCC(O)P(=O)(O)c1ccccc1. The molecule has 0 fully saturated rings. The summed E-state index contributed by atoms with van der Waals surface area (Å²) in [5.41, 5.74) is 0. The van der Waals surface area contributed by atoms with Gasteiger partial charge < -0.3 is 10.00 Å². The first-order valence-electron chi connectivity index (χ1n) is 4.15. The van der Waals surface area contributed by atoms with Gasteiger partial charge in [-0.1, -0.05) is 25.1 Å². The molecule has 1 rings (SSSR count). The van der Waals surface area contributed by atoms with Crippen molar-refractivity contribution in [3.63, 3.8) is 0 Å². The lowest BCUT2D eigenvalue weighted by Crippen LogP contribution is -2.15. The maximum absolute atomic E-state index is 11.7. The van der Waals surface area contributed by atoms with Crippen LogP contribution in [0.25, 0.3) is 0 Å². The van der Waals surface area contributed by atoms with Crippen LogP contribution in [0.1, 0.15) is 13.3 Å². The monoisotopic (exact) mass is 200 g/mol. The van der Waals surface area contributed by atoms with Crippen molar-refractivity contribution >= 4 is 12.7 Å². The van der Waals surface area contributed by atoms with E-state index in [4.69, 9.17) is 0 Å². The molecular weight excluding hydrogens is 187 g/mol. The van der Waals surface area contributed by atoms with Crippen LogP contribution in [-0.4, -0.2) is 15.8 Å². The summed E-state index contributed by atoms with van der Waals surface area (Å²) in [6.45, 7) is 1.68. The Hall–Kier alpha value is -0.630. The Morgan fingerprint density at radius 3 is 2.38 bits per heavy atom. The molecule has 4 heteroatoms. The van der Waals surface area contributed by atoms with Gasteiger partial charge in [0.25, 0.3) is 7.37 Å². The van der Waals surface area contributed by atoms with Crippen molar-refractivity contribution < 1.29 is 14.6 Å². The lowest BCUT2D eigenvalue weighted by atomic mass is 10.4. The Labute approximate surface area is 77.5 Å². The largest absolute Gasteiger partial charge is 0.383 e. The normalized spacial score (nSPS) is 17.8. The summed E-state index contributed by atoms with van der Waals surface area (Å²) in [5, 5.41) is 9.64. The van der Waals surface area contributed by atoms with Crippen LogP contribution < -0.4 is 5.30 Å². The zero-order valence-corrected chi connectivity index (χ0v) is 8.32. The summed E-state index contributed by atoms with van der Waals surface area (Å²) in [6.07, 6.45) is 0.280. The summed E-state index contributed by atoms with van der Waals surface area (Å²) in [5.74, 6) is -1.16. The van der Waals surface area contributed by atoms with Crippen molar-refractivity contribution in [2.75, 3.05) is 0 Å². The minimum absolute atomic E-state index is 0.280. The van der Waals surface area contributed by atoms with Crippen LogP contribution in [0.5, 0.6) is 0 Å². The second kappa shape index (κ2) is 4.05. The van der Waals surface area contributed by atoms with E-state index in [1.54, 1.807) is 37.3 Å². The van der Waals surface area contributed by atoms with Gasteiger partial charge in [-0.15, -0.1) is 0 Å². The minimum atomic E-state index is -3.58. The fourth-order valence-electron chi connectivity index (χ4n) is 1.06. The van der Waals surface area contributed by atoms with Crippen molar-refractivity contribution in [1.29, 1.82) is 0 Å². The molecule has 0 aromatic heterocycles. The van der Waals surface area contributed by atoms with E-state index < -0.39 is 13.2 Å². The minimum Gasteiger partial charge on any atom is -0.383 e. The fraction of sp³-hybridized carbons (Fsp3) is 0.333. The average molecular weight is 200 g/mol. The van der Waals surface area contributed by atoms with Gasteiger partial charge in [0, 0.05) is 5.30 Å². The van der Waals surface area contributed by atoms with Gasteiger partial charge in [-0.3, -0.25) is 4.57 Å². The molecule has 2 atom stereocenters. The molecule has 0 spiro atoms. The van der Waals surface area contributed by atoms with Crippen LogP contribution in [0.3, 0.4) is 0 Å². The number of aliphatic hydroxyl groups is 1. The number of hydrogen-bond acceptors (Lipinski definition) is 2. The summed E-state index contributed by atoms with van der Waals surface area (Å²) in [6, 6.07) is 8.24. The maximum Gasteiger partial charge on any atom is 0.257 e. The molecule has 0 aliphatic carbocycles. The molecule has 72 valence electrons. The second-order valence-corrected chi connectivity index (χ2v) is 5.21. The highest BCUT2D eigenvalue weighted by Gasteiger charge is 2.29. The summed E-state index contributed by atoms with van der Waals surface area (Å²) in [4.78, 5) is 9.56. The zero-order chi connectivity index (χ0) is 9.90. The summed E-state index contributed by atoms with van der Waals surface area (Å²) < 4.78 is 11.7. The predicted octanol–water partition coefficient (Wildman–Crippen LogP) is 1.31. The summed E-state index contributed by atoms with van der Waals surface area (Å²) >= 11 is 0. The van der Waals surface area contributed by atoms with Crippen LogP contribution in [0, 0.1) is 0 Å². The molecule has 0 saturated heterocycles. The third kappa shape index (κ3) is 2.19. The van der Waals surface area contributed by atoms with Gasteiger partial charge >= 0.3 is 0 Å². The van der Waals surface area contributed by atoms with E-state index in [1.807, 2.05) is 0 Å². The first-order valence-corrected chi connectivity index (χ1v) is 5.88. The fourth-order valence-corrected chi connectivity index (χ4v) is 2.50. The molecule has 2 N–H and O–H groups in total. The number of rotatable bonds is 3. The van der Waals surface area contributed by atoms with Gasteiger partial charge in [0.1, 0.15) is 5.85 Å². The molecule has 0 bridgehead atoms. The van der Waals surface area contributed by atoms with Crippen molar-refractivity contribution in [2.24, 2.45) is 0 Å². The van der Waals surface area contributed by atoms with Crippen LogP contribution in [-0.2, 0) is 4.57 Å². The highest BCUT2D eigenvalue weighted by molar-refractivity contribution is 7.66. The molecule has 0 heterocycles. The molecule has 0 saturated carbocycles. The second-order valence-electron chi connectivity index (χ2n) is 2.85. The first kappa shape index (κ1) is 10.5. The molecule has 0 radical (unpaired) electrons. The van der Waals surface area contributed by atoms with E-state index in [2.05, 4.69) is 0 Å². The van der Waals surface area contributed by atoms with Crippen molar-refractivity contribution in [2.45, 2.75) is 19.2 Å². The highest BCUT2D eigenvalue weighted by atomic mass is 31.2. The van der Waals surface area contributed by atoms with E-state index in [0.29, 0.717) is 5.30 Å². The molecule has 1 aromatic rings. The topological polar surface area (TPSA) is 57.5 Å². The lowest BCUT2D eigenvalue weighted by Gasteiger charge is -2.16. The Bertz CT molecular complexity index is 310. The Morgan fingerprint density at radius 2 is 1.92 bits per heavy atom. The van der Waals surface area contributed by atoms with E-state index in [0.717, 1.165) is 0 Å². The molecule has 0 amide bonds. The lowest BCUT2D eigenvalue weighted by molar-refractivity contribution is 0.229. The number of aliphatic hydroxyl groups excluding tert-OH is 1. The molecule has 1 aromatic carbocycles. The van der Waals surface area contributed by atoms with Crippen LogP contribution in [0.4, 0.5) is 0 Å². The molecule has 0 aliphatic rings. The zero-order valence-electron chi connectivity index (χ0n) is 7.42. The van der Waals surface area contributed by atoms with Crippen LogP contribution >= 0.6 is 7.37 Å². The maximum atomic E-state index is 11.7. The van der Waals surface area contributed by atoms with Crippen LogP contribution in [0.2, 0.25) is 0 Å². The summed E-state index contributed by atoms with van der Waals surface area (Å²) in [7, 11) is -3.58. The van der Waals surface area contributed by atoms with Gasteiger partial charge in [0.2, 0.25) is 0 Å². The van der Waals surface area contributed by atoms with Gasteiger partial charge in [-0.25, -0.2) is 0 Å². The highest BCUT2D eigenvalue weighted by Crippen LogP contribution is 2.44. The number of hydrogen-bond donors (Lipinski definition) is 2. The van der Waals surface area contributed by atoms with E-state index in [1.165, 1.54) is 0 Å². The van der Waals surface area contributed by atoms with Crippen LogP contribution in [0.15, 0.2) is 30.3 Å². The Balaban J connectivity index is 3.01. The third-order valence-corrected chi connectivity index (χ3v) is 4.11. The standard InChI is InChI=1S/C9H13O3P/c1-2-9(10)13(11,12)8-6-4-3-5-7-8/h3-7,9-10H,2H2,1H3,(H,11,12). The van der Waals surface area contributed by atoms with E-state index in [-0.39, 0.29) is 6.42 Å². The molecular formula is C9H13O3P. The van der Waals surface area contributed by atoms with Crippen molar-refractivity contribution in [1.82, 2.24) is 0 Å². The molecule has 3 nitrogen and oxygen atoms in total. The predicted molar refractivity (Wildman–Crippen MR) is 52.2 cm³/mol. The van der Waals surface area contributed by atoms with Gasteiger partial charge in [-0.2, -0.15) is 0 Å². The quantitative estimate of drug-likeness (QED) is 0.723.